The van der Waals surface area contributed by atoms with Crippen LogP contribution < -0.4 is 16.4 Å². The van der Waals surface area contributed by atoms with Crippen molar-refractivity contribution < 1.29 is 9.32 Å². The van der Waals surface area contributed by atoms with E-state index in [0.29, 0.717) is 34.7 Å². The van der Waals surface area contributed by atoms with Gasteiger partial charge in [-0.2, -0.15) is 4.98 Å². The van der Waals surface area contributed by atoms with E-state index >= 15 is 0 Å². The molecular formula is C12H18N6O2S. The summed E-state index contributed by atoms with van der Waals surface area (Å²) in [6.45, 7) is 5.38. The molecule has 0 saturated carbocycles. The SMILES string of the molecule is CC(C)CNc1nc(N)c(C(=O)NCCc2ncon2)s1. The largest absolute Gasteiger partial charge is 0.382 e. The van der Waals surface area contributed by atoms with Crippen molar-refractivity contribution >= 4 is 28.2 Å². The molecule has 21 heavy (non-hydrogen) atoms. The number of rotatable bonds is 7. The molecule has 2 rings (SSSR count). The molecule has 2 aromatic rings. The van der Waals surface area contributed by atoms with E-state index in [2.05, 4.69) is 44.1 Å². The van der Waals surface area contributed by atoms with Gasteiger partial charge in [-0.15, -0.1) is 0 Å². The first-order valence-corrected chi connectivity index (χ1v) is 7.41. The number of nitrogens with zero attached hydrogens (tertiary/aromatic N) is 3. The summed E-state index contributed by atoms with van der Waals surface area (Å²) in [5, 5.41) is 10.2. The molecule has 0 aromatic carbocycles. The van der Waals surface area contributed by atoms with Crippen LogP contribution in [0.2, 0.25) is 0 Å². The maximum absolute atomic E-state index is 12.0. The molecule has 1 amide bonds. The molecule has 0 radical (unpaired) electrons. The molecule has 0 bridgehead atoms. The summed E-state index contributed by atoms with van der Waals surface area (Å²) in [5.74, 6) is 1.03. The second-order valence-corrected chi connectivity index (χ2v) is 5.86. The van der Waals surface area contributed by atoms with Crippen molar-refractivity contribution in [1.82, 2.24) is 20.4 Å². The number of hydrogen-bond acceptors (Lipinski definition) is 8. The Morgan fingerprint density at radius 1 is 1.52 bits per heavy atom. The van der Waals surface area contributed by atoms with Crippen molar-refractivity contribution in [1.29, 1.82) is 0 Å². The van der Waals surface area contributed by atoms with Crippen molar-refractivity contribution in [2.75, 3.05) is 24.1 Å². The summed E-state index contributed by atoms with van der Waals surface area (Å²) < 4.78 is 4.62. The van der Waals surface area contributed by atoms with Gasteiger partial charge in [-0.3, -0.25) is 4.79 Å². The third-order valence-corrected chi connectivity index (χ3v) is 3.59. The monoisotopic (exact) mass is 310 g/mol. The Morgan fingerprint density at radius 3 is 3.00 bits per heavy atom. The summed E-state index contributed by atoms with van der Waals surface area (Å²) in [7, 11) is 0. The van der Waals surface area contributed by atoms with Gasteiger partial charge < -0.3 is 20.9 Å². The van der Waals surface area contributed by atoms with Gasteiger partial charge in [0.15, 0.2) is 11.0 Å². The first-order valence-electron chi connectivity index (χ1n) is 6.60. The Morgan fingerprint density at radius 2 is 2.33 bits per heavy atom. The Bertz CT molecular complexity index is 581. The Balaban J connectivity index is 1.86. The Hall–Kier alpha value is -2.16. The van der Waals surface area contributed by atoms with Crippen LogP contribution in [0.3, 0.4) is 0 Å². The van der Waals surface area contributed by atoms with E-state index in [-0.39, 0.29) is 11.7 Å². The van der Waals surface area contributed by atoms with E-state index in [1.807, 2.05) is 0 Å². The van der Waals surface area contributed by atoms with Crippen LogP contribution >= 0.6 is 11.3 Å². The zero-order valence-electron chi connectivity index (χ0n) is 11.9. The van der Waals surface area contributed by atoms with Crippen LogP contribution in [0, 0.1) is 5.92 Å². The van der Waals surface area contributed by atoms with Gasteiger partial charge in [0.05, 0.1) is 0 Å². The number of carbonyl (C=O) groups excluding carboxylic acids is 1. The number of aromatic nitrogens is 3. The molecule has 0 aliphatic carbocycles. The molecule has 0 unspecified atom stereocenters. The topological polar surface area (TPSA) is 119 Å². The van der Waals surface area contributed by atoms with Gasteiger partial charge in [0.1, 0.15) is 10.7 Å². The van der Waals surface area contributed by atoms with Crippen LogP contribution in [-0.4, -0.2) is 34.1 Å². The van der Waals surface area contributed by atoms with Crippen molar-refractivity contribution in [3.8, 4) is 0 Å². The molecule has 0 saturated heterocycles. The fraction of sp³-hybridized carbons (Fsp3) is 0.500. The average Bonchev–Trinajstić information content (AvgIpc) is 3.06. The lowest BCUT2D eigenvalue weighted by molar-refractivity contribution is 0.0958. The van der Waals surface area contributed by atoms with Crippen LogP contribution in [0.15, 0.2) is 10.9 Å². The van der Waals surface area contributed by atoms with Gasteiger partial charge in [0.25, 0.3) is 5.91 Å². The summed E-state index contributed by atoms with van der Waals surface area (Å²) in [6.07, 6.45) is 1.75. The molecule has 0 fully saturated rings. The molecule has 0 spiro atoms. The van der Waals surface area contributed by atoms with Crippen molar-refractivity contribution in [3.05, 3.63) is 17.1 Å². The lowest BCUT2D eigenvalue weighted by Crippen LogP contribution is -2.25. The van der Waals surface area contributed by atoms with Gasteiger partial charge in [-0.25, -0.2) is 4.98 Å². The lowest BCUT2D eigenvalue weighted by atomic mass is 10.2. The maximum atomic E-state index is 12.0. The molecule has 0 aliphatic heterocycles. The minimum absolute atomic E-state index is 0.239. The number of nitrogen functional groups attached to an aromatic ring is 1. The van der Waals surface area contributed by atoms with Gasteiger partial charge in [0, 0.05) is 19.5 Å². The number of amides is 1. The maximum Gasteiger partial charge on any atom is 0.265 e. The number of carbonyl (C=O) groups is 1. The first kappa shape index (κ1) is 15.2. The quantitative estimate of drug-likeness (QED) is 0.701. The van der Waals surface area contributed by atoms with Gasteiger partial charge in [0.2, 0.25) is 6.39 Å². The standard InChI is InChI=1S/C12H18N6O2S/c1-7(2)5-15-12-17-10(13)9(21-12)11(19)14-4-3-8-16-6-20-18-8/h6-7H,3-5,13H2,1-2H3,(H,14,19)(H,15,17). The predicted molar refractivity (Wildman–Crippen MR) is 80.2 cm³/mol. The second kappa shape index (κ2) is 7.02. The molecule has 0 aliphatic rings. The normalized spacial score (nSPS) is 10.8. The van der Waals surface area contributed by atoms with Crippen LogP contribution in [0.1, 0.15) is 29.3 Å². The molecule has 2 heterocycles. The third kappa shape index (κ3) is 4.42. The number of hydrogen-bond donors (Lipinski definition) is 3. The van der Waals surface area contributed by atoms with Crippen LogP contribution in [-0.2, 0) is 6.42 Å². The minimum atomic E-state index is -0.244. The van der Waals surface area contributed by atoms with Crippen LogP contribution in [0.4, 0.5) is 10.9 Å². The highest BCUT2D eigenvalue weighted by atomic mass is 32.1. The van der Waals surface area contributed by atoms with E-state index in [1.165, 1.54) is 17.7 Å². The second-order valence-electron chi connectivity index (χ2n) is 4.86. The summed E-state index contributed by atoms with van der Waals surface area (Å²) in [4.78, 5) is 20.5. The summed E-state index contributed by atoms with van der Waals surface area (Å²) >= 11 is 1.25. The van der Waals surface area contributed by atoms with Crippen molar-refractivity contribution in [2.45, 2.75) is 20.3 Å². The van der Waals surface area contributed by atoms with E-state index < -0.39 is 0 Å². The molecule has 114 valence electrons. The van der Waals surface area contributed by atoms with Gasteiger partial charge in [-0.05, 0) is 5.92 Å². The predicted octanol–water partition coefficient (Wildman–Crippen LogP) is 1.15. The lowest BCUT2D eigenvalue weighted by Gasteiger charge is -2.04. The fourth-order valence-electron chi connectivity index (χ4n) is 1.53. The fourth-order valence-corrected chi connectivity index (χ4v) is 2.34. The highest BCUT2D eigenvalue weighted by molar-refractivity contribution is 7.18. The van der Waals surface area contributed by atoms with Crippen LogP contribution in [0.25, 0.3) is 0 Å². The Kier molecular flexibility index (Phi) is 5.09. The molecule has 2 aromatic heterocycles. The Labute approximate surface area is 126 Å². The third-order valence-electron chi connectivity index (χ3n) is 2.56. The summed E-state index contributed by atoms with van der Waals surface area (Å²) in [5.41, 5.74) is 5.77. The molecule has 9 heteroatoms. The van der Waals surface area contributed by atoms with Crippen molar-refractivity contribution in [2.24, 2.45) is 5.92 Å². The van der Waals surface area contributed by atoms with E-state index in [4.69, 9.17) is 5.73 Å². The number of nitrogens with one attached hydrogen (secondary N) is 2. The van der Waals surface area contributed by atoms with Gasteiger partial charge in [-0.1, -0.05) is 30.3 Å². The van der Waals surface area contributed by atoms with Gasteiger partial charge >= 0.3 is 0 Å². The zero-order valence-corrected chi connectivity index (χ0v) is 12.7. The van der Waals surface area contributed by atoms with E-state index in [1.54, 1.807) is 0 Å². The highest BCUT2D eigenvalue weighted by Crippen LogP contribution is 2.24. The molecule has 0 atom stereocenters. The minimum Gasteiger partial charge on any atom is -0.382 e. The van der Waals surface area contributed by atoms with Crippen LogP contribution in [0.5, 0.6) is 0 Å². The van der Waals surface area contributed by atoms with E-state index in [9.17, 15) is 4.79 Å². The first-order chi connectivity index (χ1) is 10.1. The zero-order chi connectivity index (χ0) is 15.2. The van der Waals surface area contributed by atoms with Crippen molar-refractivity contribution in [3.63, 3.8) is 0 Å². The number of thiazole rings is 1. The van der Waals surface area contributed by atoms with E-state index in [0.717, 1.165) is 6.54 Å². The molecule has 4 N–H and O–H groups in total. The molecular weight excluding hydrogens is 292 g/mol. The number of nitrogens with two attached hydrogens (primary N) is 1. The smallest absolute Gasteiger partial charge is 0.265 e. The highest BCUT2D eigenvalue weighted by Gasteiger charge is 2.16. The number of anilines is 2. The molecule has 8 nitrogen and oxygen atoms in total. The summed E-state index contributed by atoms with van der Waals surface area (Å²) in [6, 6.07) is 0. The average molecular weight is 310 g/mol.